The van der Waals surface area contributed by atoms with E-state index in [9.17, 15) is 4.79 Å². The van der Waals surface area contributed by atoms with Crippen LogP contribution in [-0.2, 0) is 17.8 Å². The molecule has 2 aromatic carbocycles. The summed E-state index contributed by atoms with van der Waals surface area (Å²) >= 11 is 0. The third kappa shape index (κ3) is 5.72. The molecule has 0 spiro atoms. The maximum absolute atomic E-state index is 12.9. The van der Waals surface area contributed by atoms with E-state index in [0.717, 1.165) is 51.7 Å². The van der Waals surface area contributed by atoms with Crippen LogP contribution < -0.4 is 0 Å². The molecule has 0 unspecified atom stereocenters. The van der Waals surface area contributed by atoms with Gasteiger partial charge in [-0.2, -0.15) is 0 Å². The Kier molecular flexibility index (Phi) is 8.44. The van der Waals surface area contributed by atoms with Gasteiger partial charge in [0.25, 0.3) is 0 Å². The first kappa shape index (κ1) is 24.9. The van der Waals surface area contributed by atoms with Crippen LogP contribution in [0.25, 0.3) is 11.1 Å². The first-order chi connectivity index (χ1) is 16.6. The van der Waals surface area contributed by atoms with E-state index >= 15 is 0 Å². The van der Waals surface area contributed by atoms with Crippen LogP contribution in [-0.4, -0.2) is 65.9 Å². The maximum atomic E-state index is 12.9. The molecular weight excluding hydrogens is 418 g/mol. The fraction of sp³-hybridized carbons (Fsp3) is 0.567. The molecule has 4 heteroatoms. The van der Waals surface area contributed by atoms with Crippen LogP contribution in [0.4, 0.5) is 0 Å². The Morgan fingerprint density at radius 2 is 1.65 bits per heavy atom. The molecule has 0 aromatic heterocycles. The molecule has 4 nitrogen and oxygen atoms in total. The molecule has 2 fully saturated rings. The van der Waals surface area contributed by atoms with E-state index in [1.807, 2.05) is 13.8 Å². The minimum atomic E-state index is 0.309. The van der Waals surface area contributed by atoms with Gasteiger partial charge in [-0.1, -0.05) is 76.6 Å². The average Bonchev–Trinajstić information content (AvgIpc) is 2.84. The smallest absolute Gasteiger partial charge is 0.236 e. The highest BCUT2D eigenvalue weighted by atomic mass is 16.2. The molecular formula is C30H43N3O. The fourth-order valence-corrected chi connectivity index (χ4v) is 5.38. The molecule has 2 aromatic rings. The van der Waals surface area contributed by atoms with E-state index in [-0.39, 0.29) is 0 Å². The van der Waals surface area contributed by atoms with Gasteiger partial charge in [0, 0.05) is 45.3 Å². The van der Waals surface area contributed by atoms with Gasteiger partial charge in [0.15, 0.2) is 0 Å². The van der Waals surface area contributed by atoms with Crippen molar-refractivity contribution in [2.75, 3.05) is 39.3 Å². The standard InChI is InChI=1S/C28H37N3O.C2H6/c1-21(2)22-5-3-6-23(17-22)24-9-10-26-19-29(12-11-25(26)18-24)20-28(32)31-15-13-30(14-16-31)27-7-4-8-27;1-2/h3,5-6,9-10,17-18,21,27H,4,7-8,11-16,19-20H2,1-2H3;1-2H3. The number of hydrogen-bond donors (Lipinski definition) is 0. The summed E-state index contributed by atoms with van der Waals surface area (Å²) in [6, 6.07) is 16.6. The molecule has 3 aliphatic rings. The van der Waals surface area contributed by atoms with Gasteiger partial charge in [-0.3, -0.25) is 14.6 Å². The lowest BCUT2D eigenvalue weighted by Gasteiger charge is -2.43. The minimum Gasteiger partial charge on any atom is -0.339 e. The fourth-order valence-electron chi connectivity index (χ4n) is 5.38. The number of rotatable bonds is 5. The lowest BCUT2D eigenvalue weighted by atomic mass is 9.91. The van der Waals surface area contributed by atoms with E-state index in [1.165, 1.54) is 47.1 Å². The number of amides is 1. The number of hydrogen-bond acceptors (Lipinski definition) is 3. The second-order valence-electron chi connectivity index (χ2n) is 10.2. The number of carbonyl (C=O) groups excluding carboxylic acids is 1. The number of piperazine rings is 1. The first-order valence-corrected chi connectivity index (χ1v) is 13.5. The predicted octanol–water partition coefficient (Wildman–Crippen LogP) is 5.56. The van der Waals surface area contributed by atoms with Crippen LogP contribution in [0.15, 0.2) is 42.5 Å². The van der Waals surface area contributed by atoms with E-state index in [2.05, 4.69) is 71.0 Å². The maximum Gasteiger partial charge on any atom is 0.236 e. The third-order valence-corrected chi connectivity index (χ3v) is 7.80. The molecule has 5 rings (SSSR count). The van der Waals surface area contributed by atoms with Crippen LogP contribution in [0.3, 0.4) is 0 Å². The zero-order chi connectivity index (χ0) is 24.1. The Morgan fingerprint density at radius 3 is 2.32 bits per heavy atom. The Labute approximate surface area is 206 Å². The average molecular weight is 462 g/mol. The van der Waals surface area contributed by atoms with E-state index in [0.29, 0.717) is 18.4 Å². The summed E-state index contributed by atoms with van der Waals surface area (Å²) in [4.78, 5) is 20.0. The second kappa shape index (κ2) is 11.5. The quantitative estimate of drug-likeness (QED) is 0.583. The van der Waals surface area contributed by atoms with Gasteiger partial charge < -0.3 is 4.90 Å². The molecule has 0 atom stereocenters. The minimum absolute atomic E-state index is 0.309. The van der Waals surface area contributed by atoms with Crippen molar-refractivity contribution in [3.63, 3.8) is 0 Å². The van der Waals surface area contributed by atoms with Crippen molar-refractivity contribution in [1.29, 1.82) is 0 Å². The second-order valence-corrected chi connectivity index (χ2v) is 10.2. The topological polar surface area (TPSA) is 26.8 Å². The van der Waals surface area contributed by atoms with Gasteiger partial charge in [0.05, 0.1) is 6.54 Å². The zero-order valence-corrected chi connectivity index (χ0v) is 21.7. The Bertz CT molecular complexity index is 957. The molecule has 1 aliphatic carbocycles. The first-order valence-electron chi connectivity index (χ1n) is 13.5. The molecule has 2 aliphatic heterocycles. The summed E-state index contributed by atoms with van der Waals surface area (Å²) in [6.07, 6.45) is 5.11. The Hall–Kier alpha value is -2.17. The zero-order valence-electron chi connectivity index (χ0n) is 21.7. The van der Waals surface area contributed by atoms with Crippen LogP contribution in [0, 0.1) is 0 Å². The summed E-state index contributed by atoms with van der Waals surface area (Å²) in [6.45, 7) is 14.8. The normalized spacial score (nSPS) is 19.3. The molecule has 1 saturated carbocycles. The van der Waals surface area contributed by atoms with Crippen LogP contribution >= 0.6 is 0 Å². The monoisotopic (exact) mass is 461 g/mol. The van der Waals surface area contributed by atoms with Crippen LogP contribution in [0.2, 0.25) is 0 Å². The summed E-state index contributed by atoms with van der Waals surface area (Å²) < 4.78 is 0. The van der Waals surface area contributed by atoms with Gasteiger partial charge in [-0.05, 0) is 53.0 Å². The summed E-state index contributed by atoms with van der Waals surface area (Å²) in [5, 5.41) is 0. The van der Waals surface area contributed by atoms with Crippen molar-refractivity contribution in [1.82, 2.24) is 14.7 Å². The molecule has 1 amide bonds. The van der Waals surface area contributed by atoms with Gasteiger partial charge >= 0.3 is 0 Å². The lowest BCUT2D eigenvalue weighted by molar-refractivity contribution is -0.135. The van der Waals surface area contributed by atoms with Crippen molar-refractivity contribution in [3.05, 3.63) is 59.2 Å². The summed E-state index contributed by atoms with van der Waals surface area (Å²) in [5.74, 6) is 0.851. The van der Waals surface area contributed by atoms with Crippen molar-refractivity contribution in [2.45, 2.75) is 71.9 Å². The molecule has 184 valence electrons. The molecule has 34 heavy (non-hydrogen) atoms. The highest BCUT2D eigenvalue weighted by molar-refractivity contribution is 5.78. The Balaban J connectivity index is 0.00000133. The van der Waals surface area contributed by atoms with E-state index < -0.39 is 0 Å². The highest BCUT2D eigenvalue weighted by Gasteiger charge is 2.30. The van der Waals surface area contributed by atoms with E-state index in [1.54, 1.807) is 0 Å². The number of nitrogens with zero attached hydrogens (tertiary/aromatic N) is 3. The third-order valence-electron chi connectivity index (χ3n) is 7.80. The predicted molar refractivity (Wildman–Crippen MR) is 142 cm³/mol. The van der Waals surface area contributed by atoms with Crippen molar-refractivity contribution < 1.29 is 4.79 Å². The summed E-state index contributed by atoms with van der Waals surface area (Å²) in [5.41, 5.74) is 6.81. The van der Waals surface area contributed by atoms with Crippen LogP contribution in [0.1, 0.15) is 69.6 Å². The number of fused-ring (bicyclic) bond motifs is 1. The highest BCUT2D eigenvalue weighted by Crippen LogP contribution is 2.29. The number of benzene rings is 2. The van der Waals surface area contributed by atoms with Gasteiger partial charge in [-0.25, -0.2) is 0 Å². The van der Waals surface area contributed by atoms with E-state index in [4.69, 9.17) is 0 Å². The van der Waals surface area contributed by atoms with Crippen molar-refractivity contribution >= 4 is 5.91 Å². The molecule has 0 bridgehead atoms. The molecule has 1 saturated heterocycles. The van der Waals surface area contributed by atoms with Crippen molar-refractivity contribution in [2.24, 2.45) is 0 Å². The molecule has 0 radical (unpaired) electrons. The van der Waals surface area contributed by atoms with Gasteiger partial charge in [-0.15, -0.1) is 0 Å². The number of carbonyl (C=O) groups is 1. The largest absolute Gasteiger partial charge is 0.339 e. The van der Waals surface area contributed by atoms with Crippen LogP contribution in [0.5, 0.6) is 0 Å². The Morgan fingerprint density at radius 1 is 0.912 bits per heavy atom. The SMILES string of the molecule is CC.CC(C)c1cccc(-c2ccc3c(c2)CCN(CC(=O)N2CCN(C4CCC4)CC2)C3)c1. The molecule has 0 N–H and O–H groups in total. The molecule has 2 heterocycles. The lowest BCUT2D eigenvalue weighted by Crippen LogP contribution is -2.55. The van der Waals surface area contributed by atoms with Gasteiger partial charge in [0.1, 0.15) is 0 Å². The van der Waals surface area contributed by atoms with Crippen molar-refractivity contribution in [3.8, 4) is 11.1 Å². The summed E-state index contributed by atoms with van der Waals surface area (Å²) in [7, 11) is 0. The van der Waals surface area contributed by atoms with Gasteiger partial charge in [0.2, 0.25) is 5.91 Å².